The first-order chi connectivity index (χ1) is 10.0. The van der Waals surface area contributed by atoms with Crippen molar-refractivity contribution in [2.75, 3.05) is 25.0 Å². The molecular formula is C17H29N4V-. The van der Waals surface area contributed by atoms with Crippen molar-refractivity contribution in [3.05, 3.63) is 29.7 Å². The maximum Gasteiger partial charge on any atom is 0.133 e. The largest absolute Gasteiger partial charge is 0.451 e. The minimum atomic E-state index is 0. The molecule has 0 atom stereocenters. The SMILES string of the molecule is CCNc1ncnc(C2=CCN([C-](C)C)CC2)c1C(C)C.[HH].[V]. The van der Waals surface area contributed by atoms with Crippen molar-refractivity contribution in [3.63, 3.8) is 0 Å². The topological polar surface area (TPSA) is 41.1 Å². The standard InChI is InChI=1S/C17H27N4.V.H2/c1-6-18-17-15(12(2)3)16(19-11-20-17)14-7-9-21(10-8-14)13(4)5;;/h7,11-12H,6,8-10H2,1-5H3,(H,18,19,20);;1H/q-1;;. The van der Waals surface area contributed by atoms with Gasteiger partial charge >= 0.3 is 0 Å². The van der Waals surface area contributed by atoms with Crippen LogP contribution in [0.5, 0.6) is 0 Å². The maximum atomic E-state index is 4.59. The minimum absolute atomic E-state index is 0. The maximum absolute atomic E-state index is 4.59. The second-order valence-electron chi connectivity index (χ2n) is 6.04. The molecule has 1 aromatic rings. The molecule has 0 bridgehead atoms. The molecule has 5 heteroatoms. The zero-order chi connectivity index (χ0) is 15.4. The summed E-state index contributed by atoms with van der Waals surface area (Å²) in [6.45, 7) is 13.8. The summed E-state index contributed by atoms with van der Waals surface area (Å²) in [5, 5.41) is 3.37. The predicted octanol–water partition coefficient (Wildman–Crippen LogP) is 3.94. The summed E-state index contributed by atoms with van der Waals surface area (Å²) < 4.78 is 0. The van der Waals surface area contributed by atoms with Crippen LogP contribution in [0.4, 0.5) is 5.82 Å². The van der Waals surface area contributed by atoms with Gasteiger partial charge in [-0.05, 0) is 37.9 Å². The molecule has 0 aliphatic carbocycles. The second-order valence-corrected chi connectivity index (χ2v) is 6.04. The van der Waals surface area contributed by atoms with Gasteiger partial charge in [0.25, 0.3) is 0 Å². The van der Waals surface area contributed by atoms with Gasteiger partial charge in [0, 0.05) is 32.1 Å². The molecule has 1 aliphatic heterocycles. The Kier molecular flexibility index (Phi) is 7.60. The average Bonchev–Trinajstić information content (AvgIpc) is 2.47. The van der Waals surface area contributed by atoms with Crippen LogP contribution in [0.3, 0.4) is 0 Å². The number of nitrogens with one attached hydrogen (secondary N) is 1. The van der Waals surface area contributed by atoms with E-state index in [0.29, 0.717) is 5.92 Å². The third kappa shape index (κ3) is 4.34. The van der Waals surface area contributed by atoms with E-state index in [1.807, 2.05) is 0 Å². The molecule has 0 aromatic carbocycles. The van der Waals surface area contributed by atoms with E-state index in [1.54, 1.807) is 6.33 Å². The van der Waals surface area contributed by atoms with Crippen LogP contribution in [0.1, 0.15) is 59.6 Å². The van der Waals surface area contributed by atoms with Crippen molar-refractivity contribution in [2.45, 2.75) is 47.0 Å². The average molecular weight is 340 g/mol. The molecule has 0 amide bonds. The molecule has 0 unspecified atom stereocenters. The fraction of sp³-hybridized carbons (Fsp3) is 0.588. The summed E-state index contributed by atoms with van der Waals surface area (Å²) >= 11 is 0. The molecule has 0 spiro atoms. The van der Waals surface area contributed by atoms with Crippen molar-refractivity contribution in [1.29, 1.82) is 0 Å². The number of hydrogen-bond acceptors (Lipinski definition) is 4. The summed E-state index contributed by atoms with van der Waals surface area (Å²) in [5.41, 5.74) is 3.73. The summed E-state index contributed by atoms with van der Waals surface area (Å²) in [4.78, 5) is 11.4. The molecule has 1 aliphatic rings. The first-order valence-electron chi connectivity index (χ1n) is 7.87. The van der Waals surface area contributed by atoms with Crippen molar-refractivity contribution < 1.29 is 20.0 Å². The van der Waals surface area contributed by atoms with E-state index in [1.165, 1.54) is 17.2 Å². The van der Waals surface area contributed by atoms with Gasteiger partial charge < -0.3 is 10.2 Å². The molecule has 2 rings (SSSR count). The summed E-state index contributed by atoms with van der Waals surface area (Å²) in [5.74, 6) is 1.40. The van der Waals surface area contributed by atoms with E-state index >= 15 is 0 Å². The molecule has 1 N–H and O–H groups in total. The van der Waals surface area contributed by atoms with Gasteiger partial charge in [0.05, 0.1) is 5.69 Å². The van der Waals surface area contributed by atoms with Crippen molar-refractivity contribution in [2.24, 2.45) is 0 Å². The van der Waals surface area contributed by atoms with E-state index in [0.717, 1.165) is 37.6 Å². The van der Waals surface area contributed by atoms with Crippen molar-refractivity contribution in [3.8, 4) is 0 Å². The molecule has 0 saturated carbocycles. The number of nitrogens with zero attached hydrogens (tertiary/aromatic N) is 3. The van der Waals surface area contributed by atoms with Gasteiger partial charge in [-0.1, -0.05) is 19.9 Å². The van der Waals surface area contributed by atoms with Crippen LogP contribution in [-0.4, -0.2) is 34.5 Å². The van der Waals surface area contributed by atoms with E-state index in [2.05, 4.69) is 60.9 Å². The Labute approximate surface area is 148 Å². The number of aromatic nitrogens is 2. The zero-order valence-corrected chi connectivity index (χ0v) is 15.7. The molecule has 0 saturated heterocycles. The molecule has 2 heterocycles. The Hall–Kier alpha value is -0.836. The van der Waals surface area contributed by atoms with Crippen LogP contribution in [0.2, 0.25) is 0 Å². The third-order valence-electron chi connectivity index (χ3n) is 3.95. The van der Waals surface area contributed by atoms with Gasteiger partial charge in [-0.3, -0.25) is 6.04 Å². The van der Waals surface area contributed by atoms with Gasteiger partial charge in [-0.25, -0.2) is 9.97 Å². The first kappa shape index (κ1) is 19.2. The summed E-state index contributed by atoms with van der Waals surface area (Å²) in [6, 6.07) is 1.38. The van der Waals surface area contributed by atoms with Crippen molar-refractivity contribution >= 4 is 11.4 Å². The Bertz CT molecular complexity index is 517. The van der Waals surface area contributed by atoms with Gasteiger partial charge in [-0.15, -0.1) is 0 Å². The fourth-order valence-electron chi connectivity index (χ4n) is 2.80. The zero-order valence-electron chi connectivity index (χ0n) is 14.3. The first-order valence-corrected chi connectivity index (χ1v) is 7.87. The normalized spacial score (nSPS) is 15.7. The van der Waals surface area contributed by atoms with Crippen LogP contribution < -0.4 is 5.32 Å². The molecule has 22 heavy (non-hydrogen) atoms. The van der Waals surface area contributed by atoms with Gasteiger partial charge in [0.1, 0.15) is 12.1 Å². The van der Waals surface area contributed by atoms with Crippen LogP contribution in [-0.2, 0) is 18.6 Å². The fourth-order valence-corrected chi connectivity index (χ4v) is 2.80. The molecule has 123 valence electrons. The Morgan fingerprint density at radius 2 is 2.09 bits per heavy atom. The Morgan fingerprint density at radius 1 is 1.36 bits per heavy atom. The Morgan fingerprint density at radius 3 is 2.59 bits per heavy atom. The predicted molar refractivity (Wildman–Crippen MR) is 91.2 cm³/mol. The number of anilines is 1. The Balaban J connectivity index is 0.00000242. The van der Waals surface area contributed by atoms with Gasteiger partial charge in [0.2, 0.25) is 0 Å². The van der Waals surface area contributed by atoms with E-state index in [4.69, 9.17) is 0 Å². The molecule has 1 aromatic heterocycles. The molecule has 0 fully saturated rings. The smallest absolute Gasteiger partial charge is 0.133 e. The third-order valence-corrected chi connectivity index (χ3v) is 3.95. The number of rotatable bonds is 5. The monoisotopic (exact) mass is 340 g/mol. The summed E-state index contributed by atoms with van der Waals surface area (Å²) in [6.07, 6.45) is 5.05. The summed E-state index contributed by atoms with van der Waals surface area (Å²) in [7, 11) is 0. The van der Waals surface area contributed by atoms with E-state index in [9.17, 15) is 0 Å². The van der Waals surface area contributed by atoms with E-state index < -0.39 is 0 Å². The van der Waals surface area contributed by atoms with Crippen LogP contribution >= 0.6 is 0 Å². The van der Waals surface area contributed by atoms with Crippen LogP contribution in [0.15, 0.2) is 12.4 Å². The quantitative estimate of drug-likeness (QED) is 0.825. The van der Waals surface area contributed by atoms with Crippen LogP contribution in [0.25, 0.3) is 5.57 Å². The minimum Gasteiger partial charge on any atom is -0.451 e. The van der Waals surface area contributed by atoms with Crippen LogP contribution in [0, 0.1) is 6.04 Å². The molecular weight excluding hydrogens is 311 g/mol. The number of hydrogen-bond donors (Lipinski definition) is 1. The van der Waals surface area contributed by atoms with Crippen molar-refractivity contribution in [1.82, 2.24) is 14.9 Å². The van der Waals surface area contributed by atoms with Gasteiger partial charge in [-0.2, -0.15) is 13.8 Å². The molecule has 4 nitrogen and oxygen atoms in total. The molecule has 1 radical (unpaired) electrons. The second kappa shape index (κ2) is 8.71. The van der Waals surface area contributed by atoms with Gasteiger partial charge in [0.15, 0.2) is 0 Å². The van der Waals surface area contributed by atoms with E-state index in [-0.39, 0.29) is 20.0 Å².